The van der Waals surface area contributed by atoms with E-state index in [1.54, 1.807) is 0 Å². The highest BCUT2D eigenvalue weighted by molar-refractivity contribution is 14.1. The van der Waals surface area contributed by atoms with Gasteiger partial charge in [-0.25, -0.2) is 0 Å². The lowest BCUT2D eigenvalue weighted by Crippen LogP contribution is -2.24. The minimum absolute atomic E-state index is 0.465. The van der Waals surface area contributed by atoms with Gasteiger partial charge in [0.1, 0.15) is 0 Å². The largest absolute Gasteiger partial charge is 0.331 e. The van der Waals surface area contributed by atoms with Crippen molar-refractivity contribution < 1.29 is 0 Å². The molecule has 6 heteroatoms. The number of nitrogens with zero attached hydrogens (tertiary/aromatic N) is 1. The smallest absolute Gasteiger partial charge is 0.191 e. The molecule has 21 heavy (non-hydrogen) atoms. The molecule has 0 amide bonds. The first-order valence-electron chi connectivity index (χ1n) is 6.17. The molecule has 0 saturated carbocycles. The van der Waals surface area contributed by atoms with Gasteiger partial charge in [-0.1, -0.05) is 28.1 Å². The third kappa shape index (κ3) is 5.37. The molecule has 0 aliphatic heterocycles. The van der Waals surface area contributed by atoms with Crippen LogP contribution in [-0.2, 0) is 0 Å². The summed E-state index contributed by atoms with van der Waals surface area (Å²) in [5, 5.41) is 7.84. The maximum absolute atomic E-state index is 5.22. The van der Waals surface area contributed by atoms with Gasteiger partial charge < -0.3 is 5.32 Å². The lowest BCUT2D eigenvalue weighted by atomic mass is 10.1. The van der Waals surface area contributed by atoms with Crippen LogP contribution in [0.3, 0.4) is 0 Å². The lowest BCUT2D eigenvalue weighted by Gasteiger charge is -2.08. The van der Waals surface area contributed by atoms with Crippen molar-refractivity contribution in [3.05, 3.63) is 62.1 Å². The van der Waals surface area contributed by atoms with E-state index in [0.29, 0.717) is 5.11 Å². The average Bonchev–Trinajstić information content (AvgIpc) is 2.48. The second-order valence-corrected chi connectivity index (χ2v) is 6.85. The predicted octanol–water partition coefficient (Wildman–Crippen LogP) is 4.76. The van der Waals surface area contributed by atoms with Crippen LogP contribution in [0.25, 0.3) is 0 Å². The van der Waals surface area contributed by atoms with E-state index in [-0.39, 0.29) is 0 Å². The third-order valence-electron chi connectivity index (χ3n) is 2.69. The second-order valence-electron chi connectivity index (χ2n) is 4.28. The normalized spacial score (nSPS) is 11.1. The van der Waals surface area contributed by atoms with Gasteiger partial charge >= 0.3 is 0 Å². The van der Waals surface area contributed by atoms with Crippen molar-refractivity contribution in [2.24, 2.45) is 5.10 Å². The molecule has 0 atom stereocenters. The van der Waals surface area contributed by atoms with E-state index in [2.05, 4.69) is 54.4 Å². The van der Waals surface area contributed by atoms with Crippen molar-refractivity contribution in [1.29, 1.82) is 0 Å². The molecular formula is C15H13BrIN3S. The fraction of sp³-hybridized carbons (Fsp3) is 0.0667. The summed E-state index contributed by atoms with van der Waals surface area (Å²) in [5.41, 5.74) is 5.70. The zero-order valence-electron chi connectivity index (χ0n) is 11.2. The Kier molecular flexibility index (Phi) is 6.13. The van der Waals surface area contributed by atoms with Crippen LogP contribution < -0.4 is 10.7 Å². The minimum atomic E-state index is 0.465. The monoisotopic (exact) mass is 473 g/mol. The number of benzene rings is 2. The molecule has 0 aliphatic carbocycles. The third-order valence-corrected chi connectivity index (χ3v) is 4.13. The van der Waals surface area contributed by atoms with Gasteiger partial charge in [0.05, 0.1) is 5.71 Å². The van der Waals surface area contributed by atoms with Crippen LogP contribution in [0.1, 0.15) is 12.5 Å². The Morgan fingerprint density at radius 1 is 1.10 bits per heavy atom. The number of hydrogen-bond acceptors (Lipinski definition) is 2. The van der Waals surface area contributed by atoms with E-state index in [4.69, 9.17) is 12.2 Å². The summed E-state index contributed by atoms with van der Waals surface area (Å²) < 4.78 is 2.23. The first kappa shape index (κ1) is 16.4. The van der Waals surface area contributed by atoms with Crippen molar-refractivity contribution in [1.82, 2.24) is 5.43 Å². The Bertz CT molecular complexity index is 654. The average molecular weight is 474 g/mol. The molecule has 3 nitrogen and oxygen atoms in total. The molecule has 0 unspecified atom stereocenters. The fourth-order valence-electron chi connectivity index (χ4n) is 1.58. The number of nitrogens with one attached hydrogen (secondary N) is 2. The van der Waals surface area contributed by atoms with Crippen molar-refractivity contribution in [3.8, 4) is 0 Å². The molecule has 0 radical (unpaired) electrons. The van der Waals surface area contributed by atoms with Gasteiger partial charge in [-0.05, 0) is 83.7 Å². The molecule has 0 fully saturated rings. The molecule has 0 spiro atoms. The molecular weight excluding hydrogens is 461 g/mol. The van der Waals surface area contributed by atoms with Crippen molar-refractivity contribution in [2.75, 3.05) is 5.32 Å². The summed E-state index contributed by atoms with van der Waals surface area (Å²) in [4.78, 5) is 0. The number of hydrogen-bond donors (Lipinski definition) is 2. The SMILES string of the molecule is C/C(=N\NC(=S)Nc1ccc(I)cc1)c1ccc(Br)cc1. The van der Waals surface area contributed by atoms with E-state index in [9.17, 15) is 0 Å². The quantitative estimate of drug-likeness (QED) is 0.292. The predicted molar refractivity (Wildman–Crippen MR) is 105 cm³/mol. The molecule has 0 aromatic heterocycles. The first-order valence-corrected chi connectivity index (χ1v) is 8.45. The van der Waals surface area contributed by atoms with Gasteiger partial charge in [0.15, 0.2) is 5.11 Å². The molecule has 0 bridgehead atoms. The van der Waals surface area contributed by atoms with E-state index in [0.717, 1.165) is 21.4 Å². The summed E-state index contributed by atoms with van der Waals surface area (Å²) in [6, 6.07) is 15.9. The van der Waals surface area contributed by atoms with E-state index < -0.39 is 0 Å². The zero-order valence-corrected chi connectivity index (χ0v) is 15.8. The van der Waals surface area contributed by atoms with Gasteiger partial charge in [-0.2, -0.15) is 5.10 Å². The summed E-state index contributed by atoms with van der Waals surface area (Å²) >= 11 is 10.9. The number of rotatable bonds is 3. The van der Waals surface area contributed by atoms with Crippen LogP contribution in [0.15, 0.2) is 58.1 Å². The van der Waals surface area contributed by atoms with Crippen molar-refractivity contribution in [2.45, 2.75) is 6.92 Å². The Balaban J connectivity index is 1.94. The number of thiocarbonyl (C=S) groups is 1. The highest BCUT2D eigenvalue weighted by atomic mass is 127. The Hall–Kier alpha value is -0.990. The molecule has 2 aromatic carbocycles. The molecule has 2 rings (SSSR count). The van der Waals surface area contributed by atoms with Gasteiger partial charge in [-0.3, -0.25) is 5.43 Å². The first-order chi connectivity index (χ1) is 10.0. The highest BCUT2D eigenvalue weighted by Gasteiger charge is 1.99. The van der Waals surface area contributed by atoms with Crippen LogP contribution >= 0.6 is 50.7 Å². The summed E-state index contributed by atoms with van der Waals surface area (Å²) in [7, 11) is 0. The van der Waals surface area contributed by atoms with Gasteiger partial charge in [0, 0.05) is 13.7 Å². The Morgan fingerprint density at radius 2 is 1.71 bits per heavy atom. The highest BCUT2D eigenvalue weighted by Crippen LogP contribution is 2.12. The standard InChI is InChI=1S/C15H13BrIN3S/c1-10(11-2-4-12(16)5-3-11)19-20-15(21)18-14-8-6-13(17)7-9-14/h2-9H,1H3,(H2,18,20,21)/b19-10+. The van der Waals surface area contributed by atoms with Crippen LogP contribution in [0.4, 0.5) is 5.69 Å². The van der Waals surface area contributed by atoms with Gasteiger partial charge in [0.25, 0.3) is 0 Å². The zero-order chi connectivity index (χ0) is 15.2. The van der Waals surface area contributed by atoms with E-state index in [1.807, 2.05) is 55.5 Å². The van der Waals surface area contributed by atoms with Crippen molar-refractivity contribution in [3.63, 3.8) is 0 Å². The van der Waals surface area contributed by atoms with Crippen LogP contribution in [-0.4, -0.2) is 10.8 Å². The summed E-state index contributed by atoms with van der Waals surface area (Å²) in [6.07, 6.45) is 0. The maximum Gasteiger partial charge on any atom is 0.191 e. The molecule has 2 aromatic rings. The number of halogens is 2. The molecule has 0 aliphatic rings. The summed E-state index contributed by atoms with van der Waals surface area (Å²) in [6.45, 7) is 1.93. The van der Waals surface area contributed by atoms with Crippen molar-refractivity contribution >= 4 is 67.3 Å². The topological polar surface area (TPSA) is 36.4 Å². The lowest BCUT2D eigenvalue weighted by molar-refractivity contribution is 1.04. The van der Waals surface area contributed by atoms with Gasteiger partial charge in [-0.15, -0.1) is 0 Å². The van der Waals surface area contributed by atoms with E-state index in [1.165, 1.54) is 3.57 Å². The van der Waals surface area contributed by atoms with Crippen LogP contribution in [0, 0.1) is 3.57 Å². The molecule has 2 N–H and O–H groups in total. The van der Waals surface area contributed by atoms with E-state index >= 15 is 0 Å². The minimum Gasteiger partial charge on any atom is -0.331 e. The van der Waals surface area contributed by atoms with Crippen LogP contribution in [0.2, 0.25) is 0 Å². The Morgan fingerprint density at radius 3 is 2.33 bits per heavy atom. The fourth-order valence-corrected chi connectivity index (χ4v) is 2.37. The summed E-state index contributed by atoms with van der Waals surface area (Å²) in [5.74, 6) is 0. The van der Waals surface area contributed by atoms with Crippen LogP contribution in [0.5, 0.6) is 0 Å². The molecule has 0 heterocycles. The maximum atomic E-state index is 5.22. The van der Waals surface area contributed by atoms with Gasteiger partial charge in [0.2, 0.25) is 0 Å². The second kappa shape index (κ2) is 7.86. The molecule has 108 valence electrons. The Labute approximate surface area is 151 Å². The number of hydrazone groups is 1. The molecule has 0 saturated heterocycles. The number of anilines is 1.